The minimum absolute atomic E-state index is 0.101. The van der Waals surface area contributed by atoms with Crippen LogP contribution in [0.1, 0.15) is 35.2 Å². The van der Waals surface area contributed by atoms with Gasteiger partial charge in [-0.15, -0.1) is 0 Å². The highest BCUT2D eigenvalue weighted by molar-refractivity contribution is 6.00. The van der Waals surface area contributed by atoms with Crippen molar-refractivity contribution < 1.29 is 19.4 Å². The minimum atomic E-state index is -1.05. The number of rotatable bonds is 8. The van der Waals surface area contributed by atoms with Crippen molar-refractivity contribution in [3.63, 3.8) is 0 Å². The van der Waals surface area contributed by atoms with E-state index in [0.717, 1.165) is 30.4 Å². The summed E-state index contributed by atoms with van der Waals surface area (Å²) in [4.78, 5) is 23.3. The average Bonchev–Trinajstić information content (AvgIpc) is 2.71. The molecule has 0 saturated carbocycles. The Kier molecular flexibility index (Phi) is 6.27. The summed E-state index contributed by atoms with van der Waals surface area (Å²) in [6.07, 6.45) is 2.87. The third-order valence-electron chi connectivity index (χ3n) is 4.66. The van der Waals surface area contributed by atoms with Crippen LogP contribution in [0.4, 0.5) is 5.69 Å². The predicted octanol–water partition coefficient (Wildman–Crippen LogP) is 4.90. The average molecular weight is 377 g/mol. The number of amides is 1. The van der Waals surface area contributed by atoms with E-state index in [2.05, 4.69) is 23.5 Å². The Morgan fingerprint density at radius 3 is 2.50 bits per heavy atom. The summed E-state index contributed by atoms with van der Waals surface area (Å²) in [7, 11) is 1.66. The van der Waals surface area contributed by atoms with E-state index in [4.69, 9.17) is 9.84 Å². The number of hydrogen-bond acceptors (Lipinski definition) is 3. The number of methoxy groups -OCH3 is 1. The Hall–Kier alpha value is -3.34. The van der Waals surface area contributed by atoms with E-state index in [-0.39, 0.29) is 11.5 Å². The molecule has 0 aliphatic carbocycles. The number of anilines is 1. The van der Waals surface area contributed by atoms with Gasteiger partial charge in [0.25, 0.3) is 0 Å². The molecule has 28 heavy (non-hydrogen) atoms. The molecule has 144 valence electrons. The largest absolute Gasteiger partial charge is 0.497 e. The van der Waals surface area contributed by atoms with Crippen molar-refractivity contribution in [2.45, 2.75) is 25.7 Å². The zero-order valence-corrected chi connectivity index (χ0v) is 15.8. The van der Waals surface area contributed by atoms with Crippen LogP contribution in [-0.4, -0.2) is 24.1 Å². The van der Waals surface area contributed by atoms with Gasteiger partial charge in [-0.25, -0.2) is 4.79 Å². The van der Waals surface area contributed by atoms with Crippen LogP contribution in [0.2, 0.25) is 0 Å². The normalized spacial score (nSPS) is 10.6. The lowest BCUT2D eigenvalue weighted by Crippen LogP contribution is -2.14. The maximum absolute atomic E-state index is 12.1. The fourth-order valence-corrected chi connectivity index (χ4v) is 3.16. The molecule has 0 unspecified atom stereocenters. The fourth-order valence-electron chi connectivity index (χ4n) is 3.16. The molecule has 3 rings (SSSR count). The molecule has 0 heterocycles. The first kappa shape index (κ1) is 19.4. The van der Waals surface area contributed by atoms with Gasteiger partial charge in [0.1, 0.15) is 5.75 Å². The lowest BCUT2D eigenvalue weighted by Gasteiger charge is -2.08. The molecule has 0 atom stereocenters. The van der Waals surface area contributed by atoms with E-state index in [0.29, 0.717) is 12.1 Å². The standard InChI is InChI=1S/C23H23NO4/c1-28-19-13-12-17-14-16(10-11-18(17)15-19)6-2-5-9-22(25)24-21-8-4-3-7-20(21)23(26)27/h3-4,7-8,10-15H,2,5-6,9H2,1H3,(H,24,25)(H,26,27). The zero-order chi connectivity index (χ0) is 19.9. The summed E-state index contributed by atoms with van der Waals surface area (Å²) in [6.45, 7) is 0. The van der Waals surface area contributed by atoms with Crippen molar-refractivity contribution in [1.29, 1.82) is 0 Å². The lowest BCUT2D eigenvalue weighted by molar-refractivity contribution is -0.116. The van der Waals surface area contributed by atoms with Crippen LogP contribution in [0.15, 0.2) is 60.7 Å². The molecule has 0 aliphatic heterocycles. The van der Waals surface area contributed by atoms with Crippen molar-refractivity contribution in [1.82, 2.24) is 0 Å². The number of hydrogen-bond donors (Lipinski definition) is 2. The lowest BCUT2D eigenvalue weighted by atomic mass is 10.0. The highest BCUT2D eigenvalue weighted by atomic mass is 16.5. The zero-order valence-electron chi connectivity index (χ0n) is 15.8. The molecule has 0 spiro atoms. The molecule has 3 aromatic carbocycles. The van der Waals surface area contributed by atoms with Crippen LogP contribution in [0.3, 0.4) is 0 Å². The molecule has 0 radical (unpaired) electrons. The molecule has 0 fully saturated rings. The van der Waals surface area contributed by atoms with Crippen LogP contribution in [0.5, 0.6) is 5.75 Å². The third-order valence-corrected chi connectivity index (χ3v) is 4.66. The molecule has 0 aromatic heterocycles. The van der Waals surface area contributed by atoms with Crippen LogP contribution in [0, 0.1) is 0 Å². The van der Waals surface area contributed by atoms with Gasteiger partial charge in [-0.3, -0.25) is 4.79 Å². The maximum atomic E-state index is 12.1. The molecule has 3 aromatic rings. The summed E-state index contributed by atoms with van der Waals surface area (Å²) in [6, 6.07) is 18.8. The molecule has 0 aliphatic rings. The topological polar surface area (TPSA) is 75.6 Å². The number of carbonyl (C=O) groups is 2. The second-order valence-corrected chi connectivity index (χ2v) is 6.65. The number of ether oxygens (including phenoxy) is 1. The number of unbranched alkanes of at least 4 members (excludes halogenated alkanes) is 1. The van der Waals surface area contributed by atoms with Crippen molar-refractivity contribution >= 4 is 28.3 Å². The van der Waals surface area contributed by atoms with Gasteiger partial charge in [-0.05, 0) is 59.9 Å². The Morgan fingerprint density at radius 1 is 0.964 bits per heavy atom. The molecular formula is C23H23NO4. The van der Waals surface area contributed by atoms with Gasteiger partial charge in [0.15, 0.2) is 0 Å². The number of nitrogens with one attached hydrogen (secondary N) is 1. The second kappa shape index (κ2) is 9.04. The van der Waals surface area contributed by atoms with Crippen molar-refractivity contribution in [2.24, 2.45) is 0 Å². The Labute approximate surface area is 164 Å². The van der Waals surface area contributed by atoms with Crippen LogP contribution in [-0.2, 0) is 11.2 Å². The number of para-hydroxylation sites is 1. The maximum Gasteiger partial charge on any atom is 0.337 e. The highest BCUT2D eigenvalue weighted by Crippen LogP contribution is 2.22. The first-order valence-corrected chi connectivity index (χ1v) is 9.25. The van der Waals surface area contributed by atoms with E-state index >= 15 is 0 Å². The SMILES string of the molecule is COc1ccc2cc(CCCCC(=O)Nc3ccccc3C(=O)O)ccc2c1. The van der Waals surface area contributed by atoms with E-state index in [9.17, 15) is 9.59 Å². The number of aromatic carboxylic acids is 1. The first-order chi connectivity index (χ1) is 13.6. The van der Waals surface area contributed by atoms with Gasteiger partial charge >= 0.3 is 5.97 Å². The number of aryl methyl sites for hydroxylation is 1. The first-order valence-electron chi connectivity index (χ1n) is 9.25. The molecule has 5 nitrogen and oxygen atoms in total. The second-order valence-electron chi connectivity index (χ2n) is 6.65. The van der Waals surface area contributed by atoms with Crippen LogP contribution < -0.4 is 10.1 Å². The molecule has 1 amide bonds. The van der Waals surface area contributed by atoms with Gasteiger partial charge in [-0.2, -0.15) is 0 Å². The molecule has 2 N–H and O–H groups in total. The number of benzene rings is 3. The smallest absolute Gasteiger partial charge is 0.337 e. The van der Waals surface area contributed by atoms with Gasteiger partial charge in [0, 0.05) is 6.42 Å². The van der Waals surface area contributed by atoms with E-state index in [1.54, 1.807) is 25.3 Å². The number of carbonyl (C=O) groups excluding carboxylic acids is 1. The summed E-state index contributed by atoms with van der Waals surface area (Å²) >= 11 is 0. The summed E-state index contributed by atoms with van der Waals surface area (Å²) in [5.74, 6) is -0.375. The molecule has 0 bridgehead atoms. The number of fused-ring (bicyclic) bond motifs is 1. The summed E-state index contributed by atoms with van der Waals surface area (Å²) in [5, 5.41) is 14.2. The number of carboxylic acids is 1. The van der Waals surface area contributed by atoms with E-state index in [1.165, 1.54) is 17.0 Å². The quantitative estimate of drug-likeness (QED) is 0.548. The number of carboxylic acid groups (broad SMARTS) is 1. The summed E-state index contributed by atoms with van der Waals surface area (Å²) < 4.78 is 5.25. The fraction of sp³-hybridized carbons (Fsp3) is 0.217. The van der Waals surface area contributed by atoms with Crippen LogP contribution >= 0.6 is 0 Å². The predicted molar refractivity (Wildman–Crippen MR) is 110 cm³/mol. The van der Waals surface area contributed by atoms with Gasteiger partial charge in [0.05, 0.1) is 18.4 Å². The van der Waals surface area contributed by atoms with Gasteiger partial charge < -0.3 is 15.2 Å². The monoisotopic (exact) mass is 377 g/mol. The third kappa shape index (κ3) is 4.88. The molecular weight excluding hydrogens is 354 g/mol. The van der Waals surface area contributed by atoms with Gasteiger partial charge in [-0.1, -0.05) is 36.4 Å². The molecule has 5 heteroatoms. The van der Waals surface area contributed by atoms with Crippen molar-refractivity contribution in [2.75, 3.05) is 12.4 Å². The Balaban J connectivity index is 1.50. The highest BCUT2D eigenvalue weighted by Gasteiger charge is 2.11. The Morgan fingerprint density at radius 2 is 1.71 bits per heavy atom. The summed E-state index contributed by atoms with van der Waals surface area (Å²) in [5.41, 5.74) is 1.67. The molecule has 0 saturated heterocycles. The van der Waals surface area contributed by atoms with Crippen molar-refractivity contribution in [3.05, 3.63) is 71.8 Å². The van der Waals surface area contributed by atoms with Crippen LogP contribution in [0.25, 0.3) is 10.8 Å². The van der Waals surface area contributed by atoms with E-state index < -0.39 is 5.97 Å². The van der Waals surface area contributed by atoms with Gasteiger partial charge in [0.2, 0.25) is 5.91 Å². The minimum Gasteiger partial charge on any atom is -0.497 e. The van der Waals surface area contributed by atoms with E-state index in [1.807, 2.05) is 18.2 Å². The Bertz CT molecular complexity index is 997. The van der Waals surface area contributed by atoms with Crippen molar-refractivity contribution in [3.8, 4) is 5.75 Å².